The molecule has 0 aromatic carbocycles. The van der Waals surface area contributed by atoms with E-state index in [0.29, 0.717) is 30.7 Å². The van der Waals surface area contributed by atoms with E-state index in [-0.39, 0.29) is 5.91 Å². The molecule has 1 saturated heterocycles. The molecular weight excluding hydrogens is 234 g/mol. The number of likely N-dealkylation sites (tertiary alicyclic amines) is 1. The minimum absolute atomic E-state index is 0.225. The van der Waals surface area contributed by atoms with E-state index in [1.54, 1.807) is 6.07 Å². The number of furan rings is 1. The third kappa shape index (κ3) is 2.25. The summed E-state index contributed by atoms with van der Waals surface area (Å²) in [6.07, 6.45) is 4.34. The molecule has 5 heteroatoms. The summed E-state index contributed by atoms with van der Waals surface area (Å²) in [7, 11) is 0. The minimum Gasteiger partial charge on any atom is -0.480 e. The average Bonchev–Trinajstić information content (AvgIpc) is 2.96. The maximum Gasteiger partial charge on any atom is 0.326 e. The van der Waals surface area contributed by atoms with Crippen LogP contribution in [-0.4, -0.2) is 34.5 Å². The maximum atomic E-state index is 12.3. The molecule has 1 aliphatic rings. The van der Waals surface area contributed by atoms with Crippen LogP contribution in [0.1, 0.15) is 42.3 Å². The fourth-order valence-electron chi connectivity index (χ4n) is 2.37. The number of carbonyl (C=O) groups is 2. The van der Waals surface area contributed by atoms with Crippen LogP contribution in [0.5, 0.6) is 0 Å². The van der Waals surface area contributed by atoms with Crippen LogP contribution < -0.4 is 0 Å². The molecule has 98 valence electrons. The summed E-state index contributed by atoms with van der Waals surface area (Å²) in [6, 6.07) is 0.937. The second-order valence-corrected chi connectivity index (χ2v) is 4.50. The number of aliphatic carboxylic acids is 1. The second kappa shape index (κ2) is 5.25. The standard InChI is InChI=1S/C13H17NO4/c1-2-4-11-9(6-8-18-11)12(15)14-7-3-5-10(14)13(16)17/h6,8,10H,2-5,7H2,1H3,(H,16,17)/t10-/m1/s1. The quantitative estimate of drug-likeness (QED) is 0.887. The van der Waals surface area contributed by atoms with Crippen molar-refractivity contribution < 1.29 is 19.1 Å². The maximum absolute atomic E-state index is 12.3. The number of nitrogens with zero attached hydrogens (tertiary/aromatic N) is 1. The van der Waals surface area contributed by atoms with Gasteiger partial charge in [-0.1, -0.05) is 6.92 Å². The molecule has 18 heavy (non-hydrogen) atoms. The van der Waals surface area contributed by atoms with Crippen molar-refractivity contribution in [1.82, 2.24) is 4.90 Å². The Morgan fingerprint density at radius 2 is 2.33 bits per heavy atom. The van der Waals surface area contributed by atoms with Gasteiger partial charge in [-0.05, 0) is 25.3 Å². The molecule has 5 nitrogen and oxygen atoms in total. The van der Waals surface area contributed by atoms with Gasteiger partial charge >= 0.3 is 5.97 Å². The molecule has 0 saturated carbocycles. The van der Waals surface area contributed by atoms with E-state index < -0.39 is 12.0 Å². The topological polar surface area (TPSA) is 70.8 Å². The van der Waals surface area contributed by atoms with Crippen molar-refractivity contribution in [2.24, 2.45) is 0 Å². The van der Waals surface area contributed by atoms with E-state index in [1.165, 1.54) is 11.2 Å². The van der Waals surface area contributed by atoms with Crippen LogP contribution >= 0.6 is 0 Å². The van der Waals surface area contributed by atoms with Crippen molar-refractivity contribution in [1.29, 1.82) is 0 Å². The normalized spacial score (nSPS) is 19.2. The zero-order chi connectivity index (χ0) is 13.1. The number of aryl methyl sites for hydroxylation is 1. The third-order valence-corrected chi connectivity index (χ3v) is 3.25. The summed E-state index contributed by atoms with van der Waals surface area (Å²) in [5, 5.41) is 9.09. The van der Waals surface area contributed by atoms with Crippen LogP contribution in [0.15, 0.2) is 16.7 Å². The fourth-order valence-corrected chi connectivity index (χ4v) is 2.37. The van der Waals surface area contributed by atoms with Crippen LogP contribution in [0, 0.1) is 0 Å². The molecule has 0 spiro atoms. The number of hydrogen-bond acceptors (Lipinski definition) is 3. The zero-order valence-electron chi connectivity index (χ0n) is 10.4. The molecule has 1 N–H and O–H groups in total. The van der Waals surface area contributed by atoms with Gasteiger partial charge in [0.15, 0.2) is 0 Å². The summed E-state index contributed by atoms with van der Waals surface area (Å²) < 4.78 is 5.29. The highest BCUT2D eigenvalue weighted by molar-refractivity contribution is 5.97. The molecule has 2 heterocycles. The lowest BCUT2D eigenvalue weighted by atomic mass is 10.1. The molecule has 1 amide bonds. The Balaban J connectivity index is 2.20. The predicted octanol–water partition coefficient (Wildman–Crippen LogP) is 1.92. The Morgan fingerprint density at radius 1 is 1.56 bits per heavy atom. The van der Waals surface area contributed by atoms with Crippen molar-refractivity contribution in [2.45, 2.75) is 38.6 Å². The van der Waals surface area contributed by atoms with Crippen LogP contribution in [-0.2, 0) is 11.2 Å². The van der Waals surface area contributed by atoms with E-state index >= 15 is 0 Å². The monoisotopic (exact) mass is 251 g/mol. The summed E-state index contributed by atoms with van der Waals surface area (Å²) in [4.78, 5) is 24.8. The van der Waals surface area contributed by atoms with Crippen LogP contribution in [0.25, 0.3) is 0 Å². The molecule has 2 rings (SSSR count). The average molecular weight is 251 g/mol. The first-order valence-electron chi connectivity index (χ1n) is 6.25. The highest BCUT2D eigenvalue weighted by Gasteiger charge is 2.35. The van der Waals surface area contributed by atoms with Gasteiger partial charge in [-0.25, -0.2) is 4.79 Å². The van der Waals surface area contributed by atoms with Gasteiger partial charge < -0.3 is 14.4 Å². The summed E-state index contributed by atoms with van der Waals surface area (Å²) in [6.45, 7) is 2.51. The molecule has 1 aromatic heterocycles. The van der Waals surface area contributed by atoms with E-state index in [4.69, 9.17) is 9.52 Å². The first-order valence-corrected chi connectivity index (χ1v) is 6.25. The number of hydrogen-bond donors (Lipinski definition) is 1. The van der Waals surface area contributed by atoms with Crippen molar-refractivity contribution in [3.05, 3.63) is 23.7 Å². The first kappa shape index (κ1) is 12.7. The predicted molar refractivity (Wildman–Crippen MR) is 64.4 cm³/mol. The van der Waals surface area contributed by atoms with Crippen LogP contribution in [0.2, 0.25) is 0 Å². The molecule has 1 fully saturated rings. The summed E-state index contributed by atoms with van der Waals surface area (Å²) in [5.74, 6) is -0.503. The lowest BCUT2D eigenvalue weighted by Crippen LogP contribution is -2.40. The van der Waals surface area contributed by atoms with Crippen molar-refractivity contribution in [3.63, 3.8) is 0 Å². The van der Waals surface area contributed by atoms with E-state index in [2.05, 4.69) is 0 Å². The van der Waals surface area contributed by atoms with E-state index in [0.717, 1.165) is 12.8 Å². The first-order chi connectivity index (χ1) is 8.65. The van der Waals surface area contributed by atoms with E-state index in [9.17, 15) is 9.59 Å². The van der Waals surface area contributed by atoms with Gasteiger partial charge in [0.25, 0.3) is 5.91 Å². The van der Waals surface area contributed by atoms with Gasteiger partial charge in [0.05, 0.1) is 11.8 Å². The molecule has 1 aliphatic heterocycles. The molecule has 1 aromatic rings. The van der Waals surface area contributed by atoms with Crippen molar-refractivity contribution >= 4 is 11.9 Å². The van der Waals surface area contributed by atoms with Gasteiger partial charge in [-0.2, -0.15) is 0 Å². The number of carboxylic acids is 1. The third-order valence-electron chi connectivity index (χ3n) is 3.25. The second-order valence-electron chi connectivity index (χ2n) is 4.50. The molecule has 0 bridgehead atoms. The van der Waals surface area contributed by atoms with Gasteiger partial charge in [0.2, 0.25) is 0 Å². The summed E-state index contributed by atoms with van der Waals surface area (Å²) in [5.41, 5.74) is 0.505. The van der Waals surface area contributed by atoms with Crippen molar-refractivity contribution in [3.8, 4) is 0 Å². The highest BCUT2D eigenvalue weighted by Crippen LogP contribution is 2.23. The Labute approximate surface area is 105 Å². The largest absolute Gasteiger partial charge is 0.480 e. The number of carboxylic acid groups (broad SMARTS) is 1. The Hall–Kier alpha value is -1.78. The van der Waals surface area contributed by atoms with Gasteiger partial charge in [-0.3, -0.25) is 4.79 Å². The van der Waals surface area contributed by atoms with Crippen molar-refractivity contribution in [2.75, 3.05) is 6.54 Å². The molecule has 1 atom stereocenters. The molecule has 0 radical (unpaired) electrons. The smallest absolute Gasteiger partial charge is 0.326 e. The SMILES string of the molecule is CCCc1occc1C(=O)N1CCC[C@@H]1C(=O)O. The Kier molecular flexibility index (Phi) is 3.69. The summed E-state index contributed by atoms with van der Waals surface area (Å²) >= 11 is 0. The fraction of sp³-hybridized carbons (Fsp3) is 0.538. The Morgan fingerprint density at radius 3 is 3.00 bits per heavy atom. The molecular formula is C13H17NO4. The zero-order valence-corrected chi connectivity index (χ0v) is 10.4. The van der Waals surface area contributed by atoms with Crippen LogP contribution in [0.4, 0.5) is 0 Å². The number of rotatable bonds is 4. The van der Waals surface area contributed by atoms with Crippen LogP contribution in [0.3, 0.4) is 0 Å². The molecule has 0 unspecified atom stereocenters. The lowest BCUT2D eigenvalue weighted by molar-refractivity contribution is -0.141. The van der Waals surface area contributed by atoms with Gasteiger partial charge in [0.1, 0.15) is 11.8 Å². The molecule has 0 aliphatic carbocycles. The van der Waals surface area contributed by atoms with Gasteiger partial charge in [0, 0.05) is 13.0 Å². The highest BCUT2D eigenvalue weighted by atomic mass is 16.4. The van der Waals surface area contributed by atoms with E-state index in [1.807, 2.05) is 6.92 Å². The number of amides is 1. The lowest BCUT2D eigenvalue weighted by Gasteiger charge is -2.21. The minimum atomic E-state index is -0.929. The number of carbonyl (C=O) groups excluding carboxylic acids is 1. The Bertz CT molecular complexity index is 452. The van der Waals surface area contributed by atoms with Gasteiger partial charge in [-0.15, -0.1) is 0 Å².